The van der Waals surface area contributed by atoms with Crippen LogP contribution in [-0.4, -0.2) is 17.9 Å². The van der Waals surface area contributed by atoms with Crippen LogP contribution in [-0.2, 0) is 11.2 Å². The van der Waals surface area contributed by atoms with Crippen molar-refractivity contribution in [2.24, 2.45) is 11.8 Å². The minimum atomic E-state index is 0.244. The van der Waals surface area contributed by atoms with Crippen molar-refractivity contribution in [1.29, 1.82) is 0 Å². The van der Waals surface area contributed by atoms with Gasteiger partial charge in [-0.3, -0.25) is 9.78 Å². The van der Waals surface area contributed by atoms with E-state index in [9.17, 15) is 4.79 Å². The summed E-state index contributed by atoms with van der Waals surface area (Å²) in [5.74, 6) is 2.20. The van der Waals surface area contributed by atoms with Crippen LogP contribution in [0.15, 0.2) is 6.20 Å². The van der Waals surface area contributed by atoms with Gasteiger partial charge in [0.1, 0.15) is 11.5 Å². The number of carbonyl (C=O) groups excluding carboxylic acids is 1. The fourth-order valence-electron chi connectivity index (χ4n) is 3.30. The normalized spacial score (nSPS) is 22.0. The molecular formula is C17H25NO2. The maximum absolute atomic E-state index is 12.4. The Balaban J connectivity index is 2.09. The summed E-state index contributed by atoms with van der Waals surface area (Å²) in [6.07, 6.45) is 6.77. The summed E-state index contributed by atoms with van der Waals surface area (Å²) in [7, 11) is 1.67. The van der Waals surface area contributed by atoms with Crippen molar-refractivity contribution in [3.05, 3.63) is 23.0 Å². The molecule has 0 spiro atoms. The van der Waals surface area contributed by atoms with Crippen LogP contribution in [0.4, 0.5) is 0 Å². The minimum Gasteiger partial charge on any atom is -0.496 e. The SMILES string of the molecule is CCC1CCC(C(=O)Cc2ncc(C)c(OC)c2C)C1. The second-order valence-corrected chi connectivity index (χ2v) is 5.97. The zero-order valence-corrected chi connectivity index (χ0v) is 13.0. The molecule has 0 aromatic carbocycles. The molecule has 20 heavy (non-hydrogen) atoms. The highest BCUT2D eigenvalue weighted by molar-refractivity contribution is 5.83. The lowest BCUT2D eigenvalue weighted by atomic mass is 9.95. The highest BCUT2D eigenvalue weighted by Gasteiger charge is 2.29. The van der Waals surface area contributed by atoms with E-state index in [2.05, 4.69) is 11.9 Å². The number of Topliss-reactive ketones (excluding diaryl/α,β-unsaturated/α-hetero) is 1. The van der Waals surface area contributed by atoms with Crippen molar-refractivity contribution in [2.45, 2.75) is 52.9 Å². The van der Waals surface area contributed by atoms with Crippen molar-refractivity contribution < 1.29 is 9.53 Å². The highest BCUT2D eigenvalue weighted by Crippen LogP contribution is 2.34. The first-order chi connectivity index (χ1) is 9.56. The van der Waals surface area contributed by atoms with Crippen LogP contribution in [0.25, 0.3) is 0 Å². The van der Waals surface area contributed by atoms with Crippen LogP contribution < -0.4 is 4.74 Å². The number of hydrogen-bond donors (Lipinski definition) is 0. The second-order valence-electron chi connectivity index (χ2n) is 5.97. The van der Waals surface area contributed by atoms with Crippen molar-refractivity contribution in [2.75, 3.05) is 7.11 Å². The predicted molar refractivity (Wildman–Crippen MR) is 80.1 cm³/mol. The van der Waals surface area contributed by atoms with Gasteiger partial charge in [0.25, 0.3) is 0 Å². The molecule has 0 bridgehead atoms. The zero-order valence-electron chi connectivity index (χ0n) is 13.0. The number of ketones is 1. The van der Waals surface area contributed by atoms with Gasteiger partial charge in [-0.2, -0.15) is 0 Å². The van der Waals surface area contributed by atoms with Gasteiger partial charge in [0.05, 0.1) is 12.8 Å². The highest BCUT2D eigenvalue weighted by atomic mass is 16.5. The Morgan fingerprint density at radius 2 is 2.15 bits per heavy atom. The van der Waals surface area contributed by atoms with Crippen LogP contribution in [0.2, 0.25) is 0 Å². The van der Waals surface area contributed by atoms with Gasteiger partial charge in [-0.25, -0.2) is 0 Å². The fourth-order valence-corrected chi connectivity index (χ4v) is 3.30. The minimum absolute atomic E-state index is 0.244. The van der Waals surface area contributed by atoms with Crippen molar-refractivity contribution >= 4 is 5.78 Å². The van der Waals surface area contributed by atoms with Gasteiger partial charge in [0.2, 0.25) is 0 Å². The van der Waals surface area contributed by atoms with E-state index in [-0.39, 0.29) is 5.92 Å². The van der Waals surface area contributed by atoms with Gasteiger partial charge in [0, 0.05) is 29.7 Å². The Hall–Kier alpha value is -1.38. The smallest absolute Gasteiger partial charge is 0.141 e. The first kappa shape index (κ1) is 15.0. The molecule has 0 aliphatic heterocycles. The molecule has 1 aliphatic rings. The average Bonchev–Trinajstić information content (AvgIpc) is 2.91. The van der Waals surface area contributed by atoms with E-state index in [1.807, 2.05) is 13.8 Å². The third kappa shape index (κ3) is 3.02. The van der Waals surface area contributed by atoms with Crippen LogP contribution >= 0.6 is 0 Å². The third-order valence-corrected chi connectivity index (χ3v) is 4.67. The third-order valence-electron chi connectivity index (χ3n) is 4.67. The number of ether oxygens (including phenoxy) is 1. The van der Waals surface area contributed by atoms with E-state index in [1.165, 1.54) is 12.8 Å². The molecule has 1 heterocycles. The number of methoxy groups -OCH3 is 1. The molecule has 3 nitrogen and oxygen atoms in total. The number of aromatic nitrogens is 1. The molecule has 110 valence electrons. The van der Waals surface area contributed by atoms with E-state index in [1.54, 1.807) is 13.3 Å². The molecule has 0 N–H and O–H groups in total. The summed E-state index contributed by atoms with van der Waals surface area (Å²) in [4.78, 5) is 16.9. The van der Waals surface area contributed by atoms with Crippen molar-refractivity contribution in [3.8, 4) is 5.75 Å². The van der Waals surface area contributed by atoms with Gasteiger partial charge in [0.15, 0.2) is 0 Å². The predicted octanol–water partition coefficient (Wildman–Crippen LogP) is 3.64. The number of carbonyl (C=O) groups is 1. The quantitative estimate of drug-likeness (QED) is 0.823. The van der Waals surface area contributed by atoms with E-state index in [4.69, 9.17) is 4.74 Å². The second kappa shape index (κ2) is 6.38. The number of aryl methyl sites for hydroxylation is 1. The van der Waals surface area contributed by atoms with Crippen molar-refractivity contribution in [1.82, 2.24) is 4.98 Å². The number of nitrogens with zero attached hydrogens (tertiary/aromatic N) is 1. The van der Waals surface area contributed by atoms with E-state index < -0.39 is 0 Å². The molecule has 0 saturated heterocycles. The number of pyridine rings is 1. The van der Waals surface area contributed by atoms with Gasteiger partial charge < -0.3 is 4.74 Å². The maximum atomic E-state index is 12.4. The number of hydrogen-bond acceptors (Lipinski definition) is 3. The lowest BCUT2D eigenvalue weighted by molar-refractivity contribution is -0.122. The van der Waals surface area contributed by atoms with Gasteiger partial charge in [-0.1, -0.05) is 13.3 Å². The molecule has 1 aromatic rings. The lowest BCUT2D eigenvalue weighted by Gasteiger charge is -2.13. The molecule has 1 aliphatic carbocycles. The fraction of sp³-hybridized carbons (Fsp3) is 0.647. The summed E-state index contributed by atoms with van der Waals surface area (Å²) >= 11 is 0. The Labute approximate surface area is 121 Å². The summed E-state index contributed by atoms with van der Waals surface area (Å²) in [6, 6.07) is 0. The Kier molecular flexibility index (Phi) is 4.79. The van der Waals surface area contributed by atoms with Gasteiger partial charge in [-0.15, -0.1) is 0 Å². The molecule has 1 fully saturated rings. The monoisotopic (exact) mass is 275 g/mol. The number of rotatable bonds is 5. The Morgan fingerprint density at radius 1 is 1.40 bits per heavy atom. The van der Waals surface area contributed by atoms with Gasteiger partial charge >= 0.3 is 0 Å². The van der Waals surface area contributed by atoms with E-state index in [0.29, 0.717) is 12.2 Å². The summed E-state index contributed by atoms with van der Waals surface area (Å²) in [6.45, 7) is 6.19. The van der Waals surface area contributed by atoms with E-state index >= 15 is 0 Å². The first-order valence-corrected chi connectivity index (χ1v) is 7.58. The largest absolute Gasteiger partial charge is 0.496 e. The molecule has 1 aromatic heterocycles. The van der Waals surface area contributed by atoms with Crippen LogP contribution in [0.3, 0.4) is 0 Å². The zero-order chi connectivity index (χ0) is 14.7. The molecular weight excluding hydrogens is 250 g/mol. The van der Waals surface area contributed by atoms with Crippen LogP contribution in [0.5, 0.6) is 5.75 Å². The van der Waals surface area contributed by atoms with Crippen molar-refractivity contribution in [3.63, 3.8) is 0 Å². The van der Waals surface area contributed by atoms with Crippen LogP contribution in [0.1, 0.15) is 49.4 Å². The topological polar surface area (TPSA) is 39.2 Å². The molecule has 1 saturated carbocycles. The Morgan fingerprint density at radius 3 is 2.75 bits per heavy atom. The molecule has 2 rings (SSSR count). The lowest BCUT2D eigenvalue weighted by Crippen LogP contribution is -2.16. The maximum Gasteiger partial charge on any atom is 0.141 e. The first-order valence-electron chi connectivity index (χ1n) is 7.58. The molecule has 2 unspecified atom stereocenters. The summed E-state index contributed by atoms with van der Waals surface area (Å²) < 4.78 is 5.41. The summed E-state index contributed by atoms with van der Waals surface area (Å²) in [5.41, 5.74) is 2.90. The molecule has 3 heteroatoms. The van der Waals surface area contributed by atoms with Gasteiger partial charge in [-0.05, 0) is 39.0 Å². The molecule has 2 atom stereocenters. The Bertz CT molecular complexity index is 496. The standard InChI is InChI=1S/C17H25NO2/c1-5-13-6-7-14(8-13)16(19)9-15-12(3)17(20-4)11(2)10-18-15/h10,13-14H,5-9H2,1-4H3. The molecule has 0 amide bonds. The molecule has 0 radical (unpaired) electrons. The average molecular weight is 275 g/mol. The van der Waals surface area contributed by atoms with Crippen LogP contribution in [0, 0.1) is 25.7 Å². The summed E-state index contributed by atoms with van der Waals surface area (Å²) in [5, 5.41) is 0. The van der Waals surface area contributed by atoms with E-state index in [0.717, 1.165) is 41.3 Å².